The molecule has 1 heterocycles. The number of nitrogens with one attached hydrogen (secondary N) is 2. The van der Waals surface area contributed by atoms with Gasteiger partial charge in [-0.3, -0.25) is 0 Å². The summed E-state index contributed by atoms with van der Waals surface area (Å²) in [5.41, 5.74) is 3.77. The summed E-state index contributed by atoms with van der Waals surface area (Å²) in [6.07, 6.45) is 3.99. The minimum Gasteiger partial charge on any atom is -0.496 e. The molecule has 2 N–H and O–H groups in total. The van der Waals surface area contributed by atoms with Crippen molar-refractivity contribution in [1.29, 1.82) is 0 Å². The van der Waals surface area contributed by atoms with E-state index < -0.39 is 0 Å². The Morgan fingerprint density at radius 1 is 1.26 bits per heavy atom. The average molecular weight is 262 g/mol. The van der Waals surface area contributed by atoms with E-state index in [1.165, 1.54) is 42.5 Å². The van der Waals surface area contributed by atoms with Crippen LogP contribution in [0, 0.1) is 13.8 Å². The van der Waals surface area contributed by atoms with Crippen LogP contribution < -0.4 is 15.4 Å². The summed E-state index contributed by atoms with van der Waals surface area (Å²) in [5, 5.41) is 7.12. The van der Waals surface area contributed by atoms with Crippen molar-refractivity contribution in [3.63, 3.8) is 0 Å². The predicted octanol–water partition coefficient (Wildman–Crippen LogP) is 2.54. The van der Waals surface area contributed by atoms with Crippen LogP contribution in [0.2, 0.25) is 0 Å². The number of aryl methyl sites for hydroxylation is 2. The highest BCUT2D eigenvalue weighted by Crippen LogP contribution is 2.24. The molecule has 0 bridgehead atoms. The van der Waals surface area contributed by atoms with Crippen LogP contribution in [-0.4, -0.2) is 26.2 Å². The first-order valence-corrected chi connectivity index (χ1v) is 7.29. The Morgan fingerprint density at radius 2 is 2.00 bits per heavy atom. The zero-order valence-corrected chi connectivity index (χ0v) is 12.4. The monoisotopic (exact) mass is 262 g/mol. The van der Waals surface area contributed by atoms with E-state index in [2.05, 4.69) is 36.6 Å². The largest absolute Gasteiger partial charge is 0.496 e. The van der Waals surface area contributed by atoms with E-state index in [1.807, 2.05) is 0 Å². The van der Waals surface area contributed by atoms with Gasteiger partial charge in [0.1, 0.15) is 5.75 Å². The van der Waals surface area contributed by atoms with E-state index >= 15 is 0 Å². The molecule has 1 unspecified atom stereocenters. The molecule has 1 saturated heterocycles. The number of hydrogen-bond acceptors (Lipinski definition) is 3. The molecule has 1 atom stereocenters. The molecule has 0 aromatic heterocycles. The molecule has 1 aliphatic heterocycles. The van der Waals surface area contributed by atoms with Gasteiger partial charge in [0, 0.05) is 19.1 Å². The number of benzene rings is 1. The summed E-state index contributed by atoms with van der Waals surface area (Å²) < 4.78 is 5.40. The summed E-state index contributed by atoms with van der Waals surface area (Å²) in [5.74, 6) is 1.01. The molecule has 0 aliphatic carbocycles. The predicted molar refractivity (Wildman–Crippen MR) is 79.8 cm³/mol. The highest BCUT2D eigenvalue weighted by atomic mass is 16.5. The third-order valence-corrected chi connectivity index (χ3v) is 3.86. The van der Waals surface area contributed by atoms with Gasteiger partial charge in [-0.15, -0.1) is 0 Å². The van der Waals surface area contributed by atoms with E-state index in [0.717, 1.165) is 18.8 Å². The maximum atomic E-state index is 5.40. The Kier molecular flexibility index (Phi) is 5.23. The van der Waals surface area contributed by atoms with Crippen molar-refractivity contribution < 1.29 is 4.74 Å². The lowest BCUT2D eigenvalue weighted by atomic mass is 10.0. The second-order valence-electron chi connectivity index (χ2n) is 5.54. The summed E-state index contributed by atoms with van der Waals surface area (Å²) in [6.45, 7) is 7.39. The van der Waals surface area contributed by atoms with E-state index in [-0.39, 0.29) is 0 Å². The van der Waals surface area contributed by atoms with E-state index in [1.54, 1.807) is 7.11 Å². The molecule has 19 heavy (non-hydrogen) atoms. The van der Waals surface area contributed by atoms with Crippen LogP contribution in [0.5, 0.6) is 5.75 Å². The lowest BCUT2D eigenvalue weighted by Gasteiger charge is -2.23. The number of rotatable bonds is 5. The van der Waals surface area contributed by atoms with Crippen LogP contribution >= 0.6 is 0 Å². The Morgan fingerprint density at radius 3 is 2.58 bits per heavy atom. The molecule has 1 aromatic rings. The van der Waals surface area contributed by atoms with Crippen LogP contribution in [0.25, 0.3) is 0 Å². The highest BCUT2D eigenvalue weighted by molar-refractivity contribution is 5.43. The second kappa shape index (κ2) is 6.92. The Labute approximate surface area is 116 Å². The molecule has 1 fully saturated rings. The van der Waals surface area contributed by atoms with E-state index in [9.17, 15) is 0 Å². The fourth-order valence-corrected chi connectivity index (χ4v) is 2.95. The Hall–Kier alpha value is -1.06. The molecule has 1 aromatic carbocycles. The topological polar surface area (TPSA) is 33.3 Å². The van der Waals surface area contributed by atoms with Crippen LogP contribution in [0.3, 0.4) is 0 Å². The zero-order valence-electron chi connectivity index (χ0n) is 12.4. The molecule has 0 amide bonds. The van der Waals surface area contributed by atoms with Gasteiger partial charge >= 0.3 is 0 Å². The van der Waals surface area contributed by atoms with Crippen LogP contribution in [-0.2, 0) is 6.54 Å². The van der Waals surface area contributed by atoms with Crippen LogP contribution in [0.4, 0.5) is 0 Å². The molecule has 1 aliphatic rings. The van der Waals surface area contributed by atoms with Gasteiger partial charge in [0.15, 0.2) is 0 Å². The number of hydrogen-bond donors (Lipinski definition) is 2. The third-order valence-electron chi connectivity index (χ3n) is 3.86. The van der Waals surface area contributed by atoms with Crippen molar-refractivity contribution in [2.75, 3.05) is 20.2 Å². The van der Waals surface area contributed by atoms with Crippen molar-refractivity contribution >= 4 is 0 Å². The molecule has 0 saturated carbocycles. The Bertz CT molecular complexity index is 388. The third kappa shape index (κ3) is 3.95. The zero-order chi connectivity index (χ0) is 13.7. The van der Waals surface area contributed by atoms with Gasteiger partial charge in [-0.2, -0.15) is 0 Å². The molecule has 3 heteroatoms. The molecule has 0 radical (unpaired) electrons. The van der Waals surface area contributed by atoms with Gasteiger partial charge in [0.2, 0.25) is 0 Å². The van der Waals surface area contributed by atoms with E-state index in [4.69, 9.17) is 4.74 Å². The lowest BCUT2D eigenvalue weighted by Crippen LogP contribution is -2.41. The number of methoxy groups -OCH3 is 1. The second-order valence-corrected chi connectivity index (χ2v) is 5.54. The van der Waals surface area contributed by atoms with Crippen molar-refractivity contribution in [2.24, 2.45) is 0 Å². The van der Waals surface area contributed by atoms with Crippen LogP contribution in [0.1, 0.15) is 36.0 Å². The van der Waals surface area contributed by atoms with Crippen molar-refractivity contribution in [3.8, 4) is 5.75 Å². The molecule has 106 valence electrons. The van der Waals surface area contributed by atoms with Gasteiger partial charge in [0.25, 0.3) is 0 Å². The summed E-state index contributed by atoms with van der Waals surface area (Å²) in [6, 6.07) is 5.08. The van der Waals surface area contributed by atoms with Crippen molar-refractivity contribution in [3.05, 3.63) is 28.8 Å². The SMILES string of the molecule is COc1c(C)cc(CNCC2CCCCN2)cc1C. The van der Waals surface area contributed by atoms with E-state index in [0.29, 0.717) is 6.04 Å². The first kappa shape index (κ1) is 14.4. The summed E-state index contributed by atoms with van der Waals surface area (Å²) >= 11 is 0. The van der Waals surface area contributed by atoms with Crippen LogP contribution in [0.15, 0.2) is 12.1 Å². The highest BCUT2D eigenvalue weighted by Gasteiger charge is 2.11. The molecular weight excluding hydrogens is 236 g/mol. The number of piperidine rings is 1. The standard InChI is InChI=1S/C16H26N2O/c1-12-8-14(9-13(2)16(12)19-3)10-17-11-15-6-4-5-7-18-15/h8-9,15,17-18H,4-7,10-11H2,1-3H3. The first-order chi connectivity index (χ1) is 9.20. The van der Waals surface area contributed by atoms with Gasteiger partial charge < -0.3 is 15.4 Å². The lowest BCUT2D eigenvalue weighted by molar-refractivity contribution is 0.383. The maximum absolute atomic E-state index is 5.40. The van der Waals surface area contributed by atoms with Gasteiger partial charge in [-0.05, 0) is 49.9 Å². The molecular formula is C16H26N2O. The van der Waals surface area contributed by atoms with Gasteiger partial charge in [-0.1, -0.05) is 18.6 Å². The normalized spacial score (nSPS) is 19.4. The Balaban J connectivity index is 1.85. The molecule has 0 spiro atoms. The fraction of sp³-hybridized carbons (Fsp3) is 0.625. The molecule has 2 rings (SSSR count). The maximum Gasteiger partial charge on any atom is 0.124 e. The minimum absolute atomic E-state index is 0.647. The minimum atomic E-state index is 0.647. The molecule has 3 nitrogen and oxygen atoms in total. The van der Waals surface area contributed by atoms with Gasteiger partial charge in [-0.25, -0.2) is 0 Å². The number of ether oxygens (including phenoxy) is 1. The smallest absolute Gasteiger partial charge is 0.124 e. The summed E-state index contributed by atoms with van der Waals surface area (Å²) in [4.78, 5) is 0. The first-order valence-electron chi connectivity index (χ1n) is 7.29. The average Bonchev–Trinajstić information content (AvgIpc) is 2.40. The van der Waals surface area contributed by atoms with Crippen molar-refractivity contribution in [1.82, 2.24) is 10.6 Å². The van der Waals surface area contributed by atoms with Crippen molar-refractivity contribution in [2.45, 2.75) is 45.7 Å². The van der Waals surface area contributed by atoms with Gasteiger partial charge in [0.05, 0.1) is 7.11 Å². The quantitative estimate of drug-likeness (QED) is 0.855. The summed E-state index contributed by atoms with van der Waals surface area (Å²) in [7, 11) is 1.74. The fourth-order valence-electron chi connectivity index (χ4n) is 2.95.